The second-order valence-corrected chi connectivity index (χ2v) is 3.74. The van der Waals surface area contributed by atoms with Gasteiger partial charge in [-0.15, -0.1) is 0 Å². The summed E-state index contributed by atoms with van der Waals surface area (Å²) in [6, 6.07) is -0.0131. The molecule has 9 nitrogen and oxygen atoms in total. The molecule has 17 heavy (non-hydrogen) atoms. The summed E-state index contributed by atoms with van der Waals surface area (Å²) in [5, 5.41) is 12.3. The van der Waals surface area contributed by atoms with Crippen molar-refractivity contribution in [3.63, 3.8) is 0 Å². The summed E-state index contributed by atoms with van der Waals surface area (Å²) < 4.78 is 0. The minimum Gasteiger partial charge on any atom is -0.365 e. The van der Waals surface area contributed by atoms with Crippen molar-refractivity contribution < 1.29 is 5.03 Å². The van der Waals surface area contributed by atoms with Crippen LogP contribution in [0.4, 0.5) is 0 Å². The lowest BCUT2D eigenvalue weighted by Crippen LogP contribution is -2.42. The zero-order valence-corrected chi connectivity index (χ0v) is 9.93. The van der Waals surface area contributed by atoms with E-state index in [-0.39, 0.29) is 18.2 Å². The van der Waals surface area contributed by atoms with Crippen LogP contribution in [0.15, 0.2) is 4.99 Å². The van der Waals surface area contributed by atoms with E-state index in [4.69, 9.17) is 17.2 Å². The Labute approximate surface area is 99.9 Å². The van der Waals surface area contributed by atoms with Gasteiger partial charge < -0.3 is 22.5 Å². The van der Waals surface area contributed by atoms with Gasteiger partial charge in [0.15, 0.2) is 5.03 Å². The number of hydrogen-bond donors (Lipinski definition) is 5. The number of guanidine groups is 1. The third-order valence-corrected chi connectivity index (χ3v) is 1.92. The quantitative estimate of drug-likeness (QED) is 0.0835. The summed E-state index contributed by atoms with van der Waals surface area (Å²) in [5.74, 6) is -0.197. The van der Waals surface area contributed by atoms with Crippen LogP contribution in [0.2, 0.25) is 0 Å². The fraction of sp³-hybridized carbons (Fsp3) is 0.875. The largest absolute Gasteiger partial charge is 0.365 e. The molecule has 0 fully saturated rings. The fourth-order valence-corrected chi connectivity index (χ4v) is 1.12. The summed E-state index contributed by atoms with van der Waals surface area (Å²) in [5.41, 5.74) is 18.3. The number of aliphatic imine (C=N–C) groups is 1. The summed E-state index contributed by atoms with van der Waals surface area (Å²) in [6.45, 7) is 2.86. The molecule has 0 aromatic heterocycles. The molecule has 0 rings (SSSR count). The highest BCUT2D eigenvalue weighted by Crippen LogP contribution is 1.94. The SMILES string of the molecule is CC(N)NCC(N)CCCN=C(N)N[N+](=O)[O-]. The van der Waals surface area contributed by atoms with Gasteiger partial charge in [-0.3, -0.25) is 0 Å². The number of rotatable bonds is 8. The van der Waals surface area contributed by atoms with Crippen molar-refractivity contribution in [1.82, 2.24) is 10.7 Å². The lowest BCUT2D eigenvalue weighted by atomic mass is 10.1. The number of hydrogen-bond acceptors (Lipinski definition) is 6. The predicted octanol–water partition coefficient (Wildman–Crippen LogP) is -1.92. The number of nitro groups is 1. The molecule has 0 amide bonds. The first-order chi connectivity index (χ1) is 7.91. The van der Waals surface area contributed by atoms with Crippen LogP contribution in [0.5, 0.6) is 0 Å². The summed E-state index contributed by atoms with van der Waals surface area (Å²) >= 11 is 0. The number of nitrogens with two attached hydrogens (primary N) is 3. The van der Waals surface area contributed by atoms with E-state index in [2.05, 4.69) is 10.3 Å². The average molecular weight is 247 g/mol. The summed E-state index contributed by atoms with van der Waals surface area (Å²) in [7, 11) is 0. The van der Waals surface area contributed by atoms with Crippen molar-refractivity contribution in [1.29, 1.82) is 0 Å². The van der Waals surface area contributed by atoms with E-state index in [0.717, 1.165) is 6.42 Å². The molecule has 2 unspecified atom stereocenters. The molecule has 0 aliphatic carbocycles. The lowest BCUT2D eigenvalue weighted by molar-refractivity contribution is -0.525. The Hall–Kier alpha value is -1.45. The van der Waals surface area contributed by atoms with Gasteiger partial charge in [0.1, 0.15) is 0 Å². The topological polar surface area (TPSA) is 158 Å². The highest BCUT2D eigenvalue weighted by atomic mass is 16.7. The molecule has 0 radical (unpaired) electrons. The molecular formula is C8H21N7O2. The van der Waals surface area contributed by atoms with Crippen LogP contribution in [-0.2, 0) is 0 Å². The molecule has 2 atom stereocenters. The first-order valence-electron chi connectivity index (χ1n) is 5.37. The van der Waals surface area contributed by atoms with Crippen LogP contribution in [0.1, 0.15) is 19.8 Å². The molecule has 100 valence electrons. The average Bonchev–Trinajstić information content (AvgIpc) is 2.20. The normalized spacial score (nSPS) is 15.4. The third-order valence-electron chi connectivity index (χ3n) is 1.92. The highest BCUT2D eigenvalue weighted by molar-refractivity contribution is 5.76. The van der Waals surface area contributed by atoms with Crippen molar-refractivity contribution in [2.75, 3.05) is 13.1 Å². The fourth-order valence-electron chi connectivity index (χ4n) is 1.12. The molecule has 0 aliphatic rings. The number of nitrogens with zero attached hydrogens (tertiary/aromatic N) is 2. The third kappa shape index (κ3) is 10.8. The maximum atomic E-state index is 9.99. The molecule has 0 heterocycles. The Morgan fingerprint density at radius 2 is 2.18 bits per heavy atom. The Morgan fingerprint density at radius 3 is 2.71 bits per heavy atom. The minimum absolute atomic E-state index is 0.0131. The molecule has 0 aliphatic heterocycles. The van der Waals surface area contributed by atoms with Crippen LogP contribution in [0.25, 0.3) is 0 Å². The standard InChI is InChI=1S/C8H21N7O2/c1-6(9)13-5-7(10)3-2-4-12-8(11)14-15(16)17/h6-7,13H,2-5,9-10H2,1H3,(H3,11,12,14). The summed E-state index contributed by atoms with van der Waals surface area (Å²) in [4.78, 5) is 13.8. The van der Waals surface area contributed by atoms with Crippen LogP contribution >= 0.6 is 0 Å². The second kappa shape index (κ2) is 8.67. The van der Waals surface area contributed by atoms with Crippen LogP contribution in [0.3, 0.4) is 0 Å². The van der Waals surface area contributed by atoms with Gasteiger partial charge in [0, 0.05) is 19.1 Å². The Balaban J connectivity index is 3.59. The maximum absolute atomic E-state index is 9.99. The van der Waals surface area contributed by atoms with Gasteiger partial charge in [0.25, 0.3) is 5.96 Å². The van der Waals surface area contributed by atoms with Crippen LogP contribution in [-0.4, -0.2) is 36.3 Å². The van der Waals surface area contributed by atoms with Gasteiger partial charge in [-0.05, 0) is 19.8 Å². The van der Waals surface area contributed by atoms with Crippen molar-refractivity contribution in [2.24, 2.45) is 22.2 Å². The van der Waals surface area contributed by atoms with Gasteiger partial charge in [0.05, 0.1) is 6.17 Å². The molecular weight excluding hydrogens is 226 g/mol. The summed E-state index contributed by atoms with van der Waals surface area (Å²) in [6.07, 6.45) is 1.37. The van der Waals surface area contributed by atoms with E-state index in [0.29, 0.717) is 19.5 Å². The zero-order valence-electron chi connectivity index (χ0n) is 9.93. The van der Waals surface area contributed by atoms with Gasteiger partial charge in [-0.2, -0.15) is 0 Å². The second-order valence-electron chi connectivity index (χ2n) is 3.74. The first kappa shape index (κ1) is 15.6. The number of hydrazine groups is 1. The van der Waals surface area contributed by atoms with E-state index in [1.807, 2.05) is 6.92 Å². The predicted molar refractivity (Wildman–Crippen MR) is 65.5 cm³/mol. The van der Waals surface area contributed by atoms with E-state index in [9.17, 15) is 10.1 Å². The minimum atomic E-state index is -0.753. The molecule has 0 bridgehead atoms. The molecule has 0 aromatic rings. The van der Waals surface area contributed by atoms with Gasteiger partial charge in [-0.1, -0.05) is 5.43 Å². The first-order valence-corrected chi connectivity index (χ1v) is 5.37. The van der Waals surface area contributed by atoms with Gasteiger partial charge in [0.2, 0.25) is 0 Å². The Morgan fingerprint density at radius 1 is 1.53 bits per heavy atom. The monoisotopic (exact) mass is 247 g/mol. The number of nitrogens with one attached hydrogen (secondary N) is 2. The molecule has 0 aromatic carbocycles. The van der Waals surface area contributed by atoms with Crippen molar-refractivity contribution in [3.8, 4) is 0 Å². The lowest BCUT2D eigenvalue weighted by Gasteiger charge is -2.14. The van der Waals surface area contributed by atoms with E-state index >= 15 is 0 Å². The van der Waals surface area contributed by atoms with Crippen LogP contribution < -0.4 is 27.9 Å². The van der Waals surface area contributed by atoms with E-state index in [1.54, 1.807) is 5.43 Å². The van der Waals surface area contributed by atoms with E-state index < -0.39 is 5.03 Å². The molecule has 0 saturated heterocycles. The van der Waals surface area contributed by atoms with Crippen molar-refractivity contribution in [3.05, 3.63) is 10.1 Å². The molecule has 0 spiro atoms. The van der Waals surface area contributed by atoms with Crippen molar-refractivity contribution in [2.45, 2.75) is 32.0 Å². The van der Waals surface area contributed by atoms with Crippen LogP contribution in [0, 0.1) is 10.1 Å². The van der Waals surface area contributed by atoms with Gasteiger partial charge in [-0.25, -0.2) is 15.1 Å². The highest BCUT2D eigenvalue weighted by Gasteiger charge is 2.03. The maximum Gasteiger partial charge on any atom is 0.251 e. The Kier molecular flexibility index (Phi) is 7.93. The Bertz CT molecular complexity index is 256. The molecule has 8 N–H and O–H groups in total. The van der Waals surface area contributed by atoms with Crippen molar-refractivity contribution >= 4 is 5.96 Å². The molecule has 9 heteroatoms. The molecule has 0 saturated carbocycles. The zero-order chi connectivity index (χ0) is 13.3. The van der Waals surface area contributed by atoms with E-state index in [1.165, 1.54) is 0 Å². The van der Waals surface area contributed by atoms with Gasteiger partial charge >= 0.3 is 0 Å². The smallest absolute Gasteiger partial charge is 0.251 e.